The van der Waals surface area contributed by atoms with Crippen molar-refractivity contribution in [3.63, 3.8) is 0 Å². The van der Waals surface area contributed by atoms with Crippen LogP contribution in [0, 0.1) is 5.82 Å². The molecule has 28 heavy (non-hydrogen) atoms. The molecule has 0 spiro atoms. The summed E-state index contributed by atoms with van der Waals surface area (Å²) in [6, 6.07) is 10.5. The van der Waals surface area contributed by atoms with E-state index >= 15 is 0 Å². The Hall–Kier alpha value is -2.00. The molecule has 0 aliphatic carbocycles. The van der Waals surface area contributed by atoms with Gasteiger partial charge in [0.15, 0.2) is 0 Å². The summed E-state index contributed by atoms with van der Waals surface area (Å²) in [7, 11) is -2.19. The van der Waals surface area contributed by atoms with Gasteiger partial charge in [0.25, 0.3) is 5.91 Å². The van der Waals surface area contributed by atoms with Crippen LogP contribution in [0.3, 0.4) is 0 Å². The summed E-state index contributed by atoms with van der Waals surface area (Å²) in [5.74, 6) is -0.821. The summed E-state index contributed by atoms with van der Waals surface area (Å²) in [5, 5.41) is -0.244. The second-order valence-electron chi connectivity index (χ2n) is 6.40. The number of carbonyl (C=O) groups excluding carboxylic acids is 1. The normalized spacial score (nSPS) is 15.6. The molecule has 0 N–H and O–H groups in total. The lowest BCUT2D eigenvalue weighted by atomic mass is 10.1. The number of rotatable bonds is 5. The van der Waals surface area contributed by atoms with Crippen LogP contribution in [0.1, 0.15) is 15.9 Å². The Morgan fingerprint density at radius 2 is 1.75 bits per heavy atom. The molecule has 1 saturated heterocycles. The molecule has 150 valence electrons. The largest absolute Gasteiger partial charge is 0.380 e. The predicted molar refractivity (Wildman–Crippen MR) is 103 cm³/mol. The Balaban J connectivity index is 1.66. The summed E-state index contributed by atoms with van der Waals surface area (Å²) in [6.07, 6.45) is 0. The van der Waals surface area contributed by atoms with E-state index < -0.39 is 15.8 Å². The molecule has 1 amide bonds. The fourth-order valence-electron chi connectivity index (χ4n) is 3.01. The topological polar surface area (TPSA) is 66.9 Å². The van der Waals surface area contributed by atoms with Gasteiger partial charge in [-0.05, 0) is 35.9 Å². The molecule has 1 fully saturated rings. The molecule has 0 unspecified atom stereocenters. The Bertz CT molecular complexity index is 958. The van der Waals surface area contributed by atoms with Crippen molar-refractivity contribution in [1.29, 1.82) is 0 Å². The van der Waals surface area contributed by atoms with Crippen LogP contribution in [0.15, 0.2) is 47.4 Å². The first-order valence-corrected chi connectivity index (χ1v) is 10.5. The van der Waals surface area contributed by atoms with Gasteiger partial charge in [-0.15, -0.1) is 0 Å². The van der Waals surface area contributed by atoms with Crippen LogP contribution in [0.2, 0.25) is 5.02 Å². The zero-order valence-corrected chi connectivity index (χ0v) is 16.8. The lowest BCUT2D eigenvalue weighted by molar-refractivity contribution is 0.0698. The van der Waals surface area contributed by atoms with Crippen LogP contribution in [0.25, 0.3) is 0 Å². The molecular weight excluding hydrogens is 407 g/mol. The maximum absolute atomic E-state index is 13.3. The SMILES string of the molecule is COCc1ccc(C(=O)N2CCN(S(=O)(=O)c3ccc(F)c(Cl)c3)CC2)cc1. The van der Waals surface area contributed by atoms with Gasteiger partial charge in [0.2, 0.25) is 10.0 Å². The van der Waals surface area contributed by atoms with Gasteiger partial charge in [-0.2, -0.15) is 4.31 Å². The van der Waals surface area contributed by atoms with Crippen molar-refractivity contribution in [2.75, 3.05) is 33.3 Å². The quantitative estimate of drug-likeness (QED) is 0.737. The Kier molecular flexibility index (Phi) is 6.34. The second-order valence-corrected chi connectivity index (χ2v) is 8.75. The van der Waals surface area contributed by atoms with Gasteiger partial charge in [-0.1, -0.05) is 23.7 Å². The van der Waals surface area contributed by atoms with Crippen LogP contribution in [-0.4, -0.2) is 56.8 Å². The Morgan fingerprint density at radius 3 is 2.32 bits per heavy atom. The molecule has 6 nitrogen and oxygen atoms in total. The molecule has 1 heterocycles. The highest BCUT2D eigenvalue weighted by Crippen LogP contribution is 2.23. The second kappa shape index (κ2) is 8.57. The van der Waals surface area contributed by atoms with Crippen molar-refractivity contribution >= 4 is 27.5 Å². The highest BCUT2D eigenvalue weighted by molar-refractivity contribution is 7.89. The minimum atomic E-state index is -3.80. The first-order chi connectivity index (χ1) is 13.3. The van der Waals surface area contributed by atoms with Crippen molar-refractivity contribution < 1.29 is 22.3 Å². The van der Waals surface area contributed by atoms with Crippen molar-refractivity contribution in [2.24, 2.45) is 0 Å². The monoisotopic (exact) mass is 426 g/mol. The van der Waals surface area contributed by atoms with Gasteiger partial charge in [0, 0.05) is 38.9 Å². The molecular formula is C19H20ClFN2O4S. The standard InChI is InChI=1S/C19H20ClFN2O4S/c1-27-13-14-2-4-15(5-3-14)19(24)22-8-10-23(11-9-22)28(25,26)16-6-7-18(21)17(20)12-16/h2-7,12H,8-11,13H2,1H3. The number of methoxy groups -OCH3 is 1. The maximum Gasteiger partial charge on any atom is 0.253 e. The van der Waals surface area contributed by atoms with E-state index in [1.165, 1.54) is 10.4 Å². The van der Waals surface area contributed by atoms with Gasteiger partial charge >= 0.3 is 0 Å². The molecule has 0 atom stereocenters. The fraction of sp³-hybridized carbons (Fsp3) is 0.316. The number of hydrogen-bond donors (Lipinski definition) is 0. The van der Waals surface area contributed by atoms with Crippen molar-refractivity contribution in [1.82, 2.24) is 9.21 Å². The van der Waals surface area contributed by atoms with Gasteiger partial charge in [-0.3, -0.25) is 4.79 Å². The molecule has 0 radical (unpaired) electrons. The third-order valence-corrected chi connectivity index (χ3v) is 6.75. The van der Waals surface area contributed by atoms with Crippen LogP contribution >= 0.6 is 11.6 Å². The number of amides is 1. The maximum atomic E-state index is 13.3. The summed E-state index contributed by atoms with van der Waals surface area (Å²) in [5.41, 5.74) is 1.51. The summed E-state index contributed by atoms with van der Waals surface area (Å²) in [4.78, 5) is 14.2. The Morgan fingerprint density at radius 1 is 1.11 bits per heavy atom. The van der Waals surface area contributed by atoms with Gasteiger partial charge in [0.05, 0.1) is 16.5 Å². The number of ether oxygens (including phenoxy) is 1. The van der Waals surface area contributed by atoms with Crippen LogP contribution in [0.5, 0.6) is 0 Å². The van der Waals surface area contributed by atoms with E-state index in [1.54, 1.807) is 24.1 Å². The number of sulfonamides is 1. The third kappa shape index (κ3) is 4.35. The van der Waals surface area contributed by atoms with Crippen molar-refractivity contribution in [3.8, 4) is 0 Å². The third-order valence-electron chi connectivity index (χ3n) is 4.57. The zero-order chi connectivity index (χ0) is 20.3. The average molecular weight is 427 g/mol. The van der Waals surface area contributed by atoms with Gasteiger partial charge in [0.1, 0.15) is 5.82 Å². The van der Waals surface area contributed by atoms with E-state index in [2.05, 4.69) is 0 Å². The van der Waals surface area contributed by atoms with E-state index in [-0.39, 0.29) is 42.0 Å². The number of hydrogen-bond acceptors (Lipinski definition) is 4. The Labute approximate surface area is 168 Å². The molecule has 1 aliphatic rings. The highest BCUT2D eigenvalue weighted by Gasteiger charge is 2.30. The van der Waals surface area contributed by atoms with E-state index in [9.17, 15) is 17.6 Å². The summed E-state index contributed by atoms with van der Waals surface area (Å²) < 4.78 is 45.1. The number of nitrogens with zero attached hydrogens (tertiary/aromatic N) is 2. The first-order valence-electron chi connectivity index (χ1n) is 8.65. The fourth-order valence-corrected chi connectivity index (χ4v) is 4.70. The smallest absolute Gasteiger partial charge is 0.253 e. The molecule has 9 heteroatoms. The number of piperazine rings is 1. The molecule has 0 aromatic heterocycles. The van der Waals surface area contributed by atoms with Gasteiger partial charge < -0.3 is 9.64 Å². The van der Waals surface area contributed by atoms with E-state index in [0.29, 0.717) is 12.2 Å². The number of halogens is 2. The van der Waals surface area contributed by atoms with E-state index in [4.69, 9.17) is 16.3 Å². The minimum absolute atomic E-state index is 0.0626. The molecule has 3 rings (SSSR count). The first kappa shape index (κ1) is 20.7. The minimum Gasteiger partial charge on any atom is -0.380 e. The molecule has 1 aliphatic heterocycles. The van der Waals surface area contributed by atoms with Crippen molar-refractivity contribution in [2.45, 2.75) is 11.5 Å². The predicted octanol–water partition coefficient (Wildman–Crippen LogP) is 2.77. The van der Waals surface area contributed by atoms with E-state index in [1.807, 2.05) is 12.1 Å². The van der Waals surface area contributed by atoms with Gasteiger partial charge in [-0.25, -0.2) is 12.8 Å². The highest BCUT2D eigenvalue weighted by atomic mass is 35.5. The lowest BCUT2D eigenvalue weighted by Crippen LogP contribution is -2.50. The lowest BCUT2D eigenvalue weighted by Gasteiger charge is -2.34. The van der Waals surface area contributed by atoms with Crippen LogP contribution in [-0.2, 0) is 21.4 Å². The molecule has 2 aromatic carbocycles. The molecule has 0 bridgehead atoms. The number of benzene rings is 2. The summed E-state index contributed by atoms with van der Waals surface area (Å²) >= 11 is 5.70. The van der Waals surface area contributed by atoms with Crippen LogP contribution < -0.4 is 0 Å². The van der Waals surface area contributed by atoms with Crippen LogP contribution in [0.4, 0.5) is 4.39 Å². The molecule has 0 saturated carbocycles. The summed E-state index contributed by atoms with van der Waals surface area (Å²) in [6.45, 7) is 1.33. The average Bonchev–Trinajstić information content (AvgIpc) is 2.70. The van der Waals surface area contributed by atoms with Crippen molar-refractivity contribution in [3.05, 3.63) is 64.4 Å². The zero-order valence-electron chi connectivity index (χ0n) is 15.3. The molecule has 2 aromatic rings. The number of carbonyl (C=O) groups is 1. The van der Waals surface area contributed by atoms with E-state index in [0.717, 1.165) is 17.7 Å².